The number of nitrogens with zero attached hydrogens (tertiary/aromatic N) is 3. The molecule has 0 bridgehead atoms. The molecule has 0 radical (unpaired) electrons. The van der Waals surface area contributed by atoms with E-state index in [9.17, 15) is 15.8 Å². The summed E-state index contributed by atoms with van der Waals surface area (Å²) in [6.45, 7) is 6.75. The Kier molecular flexibility index (Phi) is 8.94. The second-order valence-corrected chi connectivity index (χ2v) is 9.89. The van der Waals surface area contributed by atoms with Crippen molar-refractivity contribution in [3.8, 4) is 18.2 Å². The summed E-state index contributed by atoms with van der Waals surface area (Å²) >= 11 is 0. The van der Waals surface area contributed by atoms with Gasteiger partial charge in [0, 0.05) is 0 Å². The Morgan fingerprint density at radius 2 is 0.615 bits per heavy atom. The van der Waals surface area contributed by atoms with Crippen LogP contribution in [-0.2, 0) is 38.5 Å². The van der Waals surface area contributed by atoms with Crippen LogP contribution in [0.25, 0.3) is 0 Å². The van der Waals surface area contributed by atoms with Crippen LogP contribution in [0.1, 0.15) is 87.5 Å². The molecule has 0 spiro atoms. The normalized spacial score (nSPS) is 10.5. The van der Waals surface area contributed by atoms with Gasteiger partial charge in [0.15, 0.2) is 0 Å². The van der Waals surface area contributed by atoms with Crippen LogP contribution in [0.3, 0.4) is 0 Å². The summed E-state index contributed by atoms with van der Waals surface area (Å²) in [7, 11) is 0. The van der Waals surface area contributed by atoms with Crippen molar-refractivity contribution in [3.05, 3.63) is 140 Å². The number of nitriles is 3. The fourth-order valence-corrected chi connectivity index (χ4v) is 5.72. The third-order valence-corrected chi connectivity index (χ3v) is 7.64. The van der Waals surface area contributed by atoms with Gasteiger partial charge in [-0.3, -0.25) is 0 Å². The first kappa shape index (κ1) is 27.4. The second-order valence-electron chi connectivity index (χ2n) is 9.89. The predicted molar refractivity (Wildman–Crippen MR) is 156 cm³/mol. The number of hydrogen-bond acceptors (Lipinski definition) is 3. The summed E-state index contributed by atoms with van der Waals surface area (Å²) in [6, 6.07) is 30.6. The molecule has 0 fully saturated rings. The van der Waals surface area contributed by atoms with Gasteiger partial charge >= 0.3 is 0 Å². The van der Waals surface area contributed by atoms with Crippen molar-refractivity contribution in [2.75, 3.05) is 0 Å². The molecule has 39 heavy (non-hydrogen) atoms. The highest BCUT2D eigenvalue weighted by Crippen LogP contribution is 2.35. The van der Waals surface area contributed by atoms with Gasteiger partial charge in [-0.15, -0.1) is 0 Å². The molecule has 0 amide bonds. The summed E-state index contributed by atoms with van der Waals surface area (Å²) in [4.78, 5) is 0. The van der Waals surface area contributed by atoms with Crippen LogP contribution in [0.15, 0.2) is 72.8 Å². The maximum absolute atomic E-state index is 9.27. The van der Waals surface area contributed by atoms with Gasteiger partial charge in [0.1, 0.15) is 0 Å². The van der Waals surface area contributed by atoms with Gasteiger partial charge < -0.3 is 0 Å². The zero-order valence-corrected chi connectivity index (χ0v) is 23.0. The Morgan fingerprint density at radius 1 is 0.385 bits per heavy atom. The summed E-state index contributed by atoms with van der Waals surface area (Å²) in [5.41, 5.74) is 14.1. The Hall–Kier alpha value is -4.65. The smallest absolute Gasteiger partial charge is 0.0991 e. The van der Waals surface area contributed by atoms with Crippen LogP contribution in [0.4, 0.5) is 0 Å². The Balaban J connectivity index is 1.92. The zero-order chi connectivity index (χ0) is 27.8. The van der Waals surface area contributed by atoms with E-state index in [4.69, 9.17) is 0 Å². The lowest BCUT2D eigenvalue weighted by Gasteiger charge is -2.27. The lowest BCUT2D eigenvalue weighted by atomic mass is 9.78. The number of benzene rings is 4. The molecular formula is C36H33N3. The Labute approximate surface area is 232 Å². The molecule has 0 atom stereocenters. The molecule has 0 N–H and O–H groups in total. The monoisotopic (exact) mass is 507 g/mol. The lowest BCUT2D eigenvalue weighted by Crippen LogP contribution is -2.14. The predicted octanol–water partition coefficient (Wildman–Crippen LogP) is 7.76. The van der Waals surface area contributed by atoms with Crippen LogP contribution in [0.5, 0.6) is 0 Å². The summed E-state index contributed by atoms with van der Waals surface area (Å²) in [6.07, 6.45) is 5.28. The minimum atomic E-state index is 0.675. The van der Waals surface area contributed by atoms with Gasteiger partial charge in [-0.05, 0) is 125 Å². The fourth-order valence-electron chi connectivity index (χ4n) is 5.72. The number of rotatable bonds is 9. The summed E-state index contributed by atoms with van der Waals surface area (Å²) in [5.74, 6) is 0. The van der Waals surface area contributed by atoms with Crippen LogP contribution in [0.2, 0.25) is 0 Å². The quantitative estimate of drug-likeness (QED) is 0.232. The molecule has 4 aromatic carbocycles. The number of hydrogen-bond donors (Lipinski definition) is 0. The molecule has 0 saturated carbocycles. The summed E-state index contributed by atoms with van der Waals surface area (Å²) in [5, 5.41) is 27.8. The van der Waals surface area contributed by atoms with Gasteiger partial charge in [0.05, 0.1) is 34.9 Å². The van der Waals surface area contributed by atoms with Gasteiger partial charge in [0.2, 0.25) is 0 Å². The topological polar surface area (TPSA) is 71.4 Å². The highest BCUT2D eigenvalue weighted by atomic mass is 14.3. The summed E-state index contributed by atoms with van der Waals surface area (Å²) < 4.78 is 0. The van der Waals surface area contributed by atoms with E-state index >= 15 is 0 Å². The first-order chi connectivity index (χ1) is 19.0. The van der Waals surface area contributed by atoms with Crippen molar-refractivity contribution in [2.24, 2.45) is 0 Å². The average molecular weight is 508 g/mol. The van der Waals surface area contributed by atoms with Gasteiger partial charge in [-0.25, -0.2) is 0 Å². The molecule has 0 unspecified atom stereocenters. The van der Waals surface area contributed by atoms with Crippen LogP contribution >= 0.6 is 0 Å². The first-order valence-corrected chi connectivity index (χ1v) is 13.7. The molecule has 0 aliphatic rings. The first-order valence-electron chi connectivity index (χ1n) is 13.7. The Bertz CT molecular complexity index is 1360. The molecule has 192 valence electrons. The third-order valence-electron chi connectivity index (χ3n) is 7.64. The van der Waals surface area contributed by atoms with E-state index in [1.807, 2.05) is 36.4 Å². The molecule has 4 aromatic rings. The molecule has 4 rings (SSSR count). The minimum Gasteiger partial charge on any atom is -0.192 e. The van der Waals surface area contributed by atoms with Crippen LogP contribution < -0.4 is 0 Å². The zero-order valence-electron chi connectivity index (χ0n) is 23.0. The maximum Gasteiger partial charge on any atom is 0.0991 e. The van der Waals surface area contributed by atoms with E-state index in [0.717, 1.165) is 38.5 Å². The van der Waals surface area contributed by atoms with E-state index in [-0.39, 0.29) is 0 Å². The molecular weight excluding hydrogens is 474 g/mol. The van der Waals surface area contributed by atoms with Crippen molar-refractivity contribution >= 4 is 0 Å². The molecule has 0 aliphatic carbocycles. The molecule has 0 saturated heterocycles. The lowest BCUT2D eigenvalue weighted by molar-refractivity contribution is 0.899. The largest absolute Gasteiger partial charge is 0.192 e. The highest BCUT2D eigenvalue weighted by molar-refractivity contribution is 5.56. The van der Waals surface area contributed by atoms with Crippen LogP contribution in [-0.4, -0.2) is 0 Å². The second kappa shape index (κ2) is 12.7. The van der Waals surface area contributed by atoms with Crippen LogP contribution in [0, 0.1) is 34.0 Å². The minimum absolute atomic E-state index is 0.675. The van der Waals surface area contributed by atoms with Crippen molar-refractivity contribution in [2.45, 2.75) is 59.3 Å². The Morgan fingerprint density at radius 3 is 0.795 bits per heavy atom. The highest BCUT2D eigenvalue weighted by Gasteiger charge is 2.22. The average Bonchev–Trinajstić information content (AvgIpc) is 2.98. The van der Waals surface area contributed by atoms with E-state index in [1.54, 1.807) is 0 Å². The molecule has 3 heteroatoms. The third kappa shape index (κ3) is 6.09. The van der Waals surface area contributed by atoms with E-state index in [2.05, 4.69) is 75.4 Å². The molecule has 0 aromatic heterocycles. The molecule has 0 heterocycles. The maximum atomic E-state index is 9.27. The van der Waals surface area contributed by atoms with Crippen molar-refractivity contribution < 1.29 is 0 Å². The van der Waals surface area contributed by atoms with E-state index < -0.39 is 0 Å². The van der Waals surface area contributed by atoms with E-state index in [1.165, 1.54) is 50.1 Å². The van der Waals surface area contributed by atoms with E-state index in [0.29, 0.717) is 16.7 Å². The molecule has 3 nitrogen and oxygen atoms in total. The van der Waals surface area contributed by atoms with Gasteiger partial charge in [-0.2, -0.15) is 15.8 Å². The SMILES string of the molecule is CCc1c(Cc2ccc(C#N)cc2)c(CC)c(Cc2ccc(C#N)cc2)c(CC)c1Cc1ccc(C#N)cc1. The van der Waals surface area contributed by atoms with Gasteiger partial charge in [-0.1, -0.05) is 57.2 Å². The van der Waals surface area contributed by atoms with Crippen molar-refractivity contribution in [3.63, 3.8) is 0 Å². The molecule has 0 aliphatic heterocycles. The fraction of sp³-hybridized carbons (Fsp3) is 0.250. The standard InChI is InChI=1S/C36H33N3/c1-4-31-34(19-25-7-13-28(22-37)14-8-25)32(5-2)36(21-27-11-17-30(24-39)18-12-27)33(6-3)35(31)20-26-9-15-29(23-38)16-10-26/h7-18H,4-6,19-21H2,1-3H3. The van der Waals surface area contributed by atoms with Gasteiger partial charge in [0.25, 0.3) is 0 Å². The van der Waals surface area contributed by atoms with Crippen molar-refractivity contribution in [1.82, 2.24) is 0 Å². The van der Waals surface area contributed by atoms with Crippen molar-refractivity contribution in [1.29, 1.82) is 15.8 Å².